The van der Waals surface area contributed by atoms with Gasteiger partial charge < -0.3 is 20.5 Å². The zero-order valence-corrected chi connectivity index (χ0v) is 9.94. The highest BCUT2D eigenvalue weighted by atomic mass is 19.1. The van der Waals surface area contributed by atoms with Crippen LogP contribution in [-0.2, 0) is 4.74 Å². The van der Waals surface area contributed by atoms with E-state index in [2.05, 4.69) is 10.6 Å². The van der Waals surface area contributed by atoms with Gasteiger partial charge in [0.1, 0.15) is 11.6 Å². The molecule has 1 unspecified atom stereocenters. The van der Waals surface area contributed by atoms with E-state index in [1.54, 1.807) is 7.11 Å². The molecular formula is C12H15FN2O3. The van der Waals surface area contributed by atoms with E-state index >= 15 is 0 Å². The van der Waals surface area contributed by atoms with E-state index in [1.807, 2.05) is 0 Å². The number of halogens is 1. The number of phenolic OH excluding ortho intramolecular Hbond substituents is 1. The van der Waals surface area contributed by atoms with Gasteiger partial charge in [-0.3, -0.25) is 4.79 Å². The second kappa shape index (κ2) is 5.32. The van der Waals surface area contributed by atoms with Crippen molar-refractivity contribution in [3.63, 3.8) is 0 Å². The molecule has 0 spiro atoms. The molecule has 6 heteroatoms. The van der Waals surface area contributed by atoms with Crippen LogP contribution in [0.25, 0.3) is 0 Å². The fourth-order valence-corrected chi connectivity index (χ4v) is 1.98. The predicted molar refractivity (Wildman–Crippen MR) is 63.0 cm³/mol. The van der Waals surface area contributed by atoms with Gasteiger partial charge in [0, 0.05) is 20.2 Å². The van der Waals surface area contributed by atoms with Crippen LogP contribution in [0.3, 0.4) is 0 Å². The van der Waals surface area contributed by atoms with Crippen LogP contribution in [0.2, 0.25) is 0 Å². The number of carbonyl (C=O) groups is 1. The Morgan fingerprint density at radius 1 is 1.56 bits per heavy atom. The van der Waals surface area contributed by atoms with Gasteiger partial charge in [-0.05, 0) is 18.2 Å². The Labute approximate surface area is 104 Å². The number of nitrogens with one attached hydrogen (secondary N) is 2. The summed E-state index contributed by atoms with van der Waals surface area (Å²) in [6.07, 6.45) is -0.121. The monoisotopic (exact) mass is 254 g/mol. The molecule has 5 nitrogen and oxygen atoms in total. The van der Waals surface area contributed by atoms with Gasteiger partial charge in [0.05, 0.1) is 17.7 Å². The second-order valence-electron chi connectivity index (χ2n) is 4.17. The maximum atomic E-state index is 13.0. The average molecular weight is 254 g/mol. The summed E-state index contributed by atoms with van der Waals surface area (Å²) >= 11 is 0. The normalized spacial score (nSPS) is 23.0. The molecule has 1 heterocycles. The molecule has 2 rings (SSSR count). The lowest BCUT2D eigenvalue weighted by Gasteiger charge is -2.18. The Balaban J connectivity index is 2.09. The third kappa shape index (κ3) is 2.60. The van der Waals surface area contributed by atoms with E-state index in [0.717, 1.165) is 18.2 Å². The average Bonchev–Trinajstić information content (AvgIpc) is 2.79. The third-order valence-electron chi connectivity index (χ3n) is 2.98. The fourth-order valence-electron chi connectivity index (χ4n) is 1.98. The zero-order chi connectivity index (χ0) is 13.1. The molecule has 1 saturated heterocycles. The predicted octanol–water partition coefficient (Wildman–Crippen LogP) is 0.248. The topological polar surface area (TPSA) is 70.6 Å². The number of amides is 1. The van der Waals surface area contributed by atoms with Gasteiger partial charge in [-0.15, -0.1) is 0 Å². The smallest absolute Gasteiger partial charge is 0.255 e. The van der Waals surface area contributed by atoms with Gasteiger partial charge in [-0.2, -0.15) is 0 Å². The Kier molecular flexibility index (Phi) is 3.78. The molecule has 1 fully saturated rings. The maximum Gasteiger partial charge on any atom is 0.255 e. The van der Waals surface area contributed by atoms with Gasteiger partial charge in [0.2, 0.25) is 0 Å². The number of hydrogen-bond donors (Lipinski definition) is 3. The fraction of sp³-hybridized carbons (Fsp3) is 0.417. The number of rotatable bonds is 3. The van der Waals surface area contributed by atoms with Crippen LogP contribution in [0, 0.1) is 5.82 Å². The molecule has 3 N–H and O–H groups in total. The molecule has 98 valence electrons. The number of benzene rings is 1. The Bertz CT molecular complexity index is 453. The SMILES string of the molecule is CO[C@H]1CNCC1NC(=O)c1cc(F)ccc1O. The van der Waals surface area contributed by atoms with Gasteiger partial charge in [-0.25, -0.2) is 4.39 Å². The van der Waals surface area contributed by atoms with Crippen LogP contribution >= 0.6 is 0 Å². The first-order valence-corrected chi connectivity index (χ1v) is 5.64. The van der Waals surface area contributed by atoms with E-state index in [4.69, 9.17) is 4.74 Å². The number of methoxy groups -OCH3 is 1. The van der Waals surface area contributed by atoms with E-state index in [0.29, 0.717) is 13.1 Å². The molecule has 0 aliphatic carbocycles. The summed E-state index contributed by atoms with van der Waals surface area (Å²) in [6, 6.07) is 3.08. The number of aromatic hydroxyl groups is 1. The van der Waals surface area contributed by atoms with Crippen LogP contribution in [-0.4, -0.2) is 43.4 Å². The van der Waals surface area contributed by atoms with Crippen molar-refractivity contribution in [2.24, 2.45) is 0 Å². The first-order chi connectivity index (χ1) is 8.61. The highest BCUT2D eigenvalue weighted by molar-refractivity contribution is 5.97. The van der Waals surface area contributed by atoms with E-state index in [1.165, 1.54) is 0 Å². The lowest BCUT2D eigenvalue weighted by Crippen LogP contribution is -2.43. The summed E-state index contributed by atoms with van der Waals surface area (Å²) in [7, 11) is 1.57. The van der Waals surface area contributed by atoms with E-state index in [-0.39, 0.29) is 23.5 Å². The molecule has 1 aromatic rings. The van der Waals surface area contributed by atoms with Crippen molar-refractivity contribution < 1.29 is 19.0 Å². The first-order valence-electron chi connectivity index (χ1n) is 5.64. The molecule has 1 aromatic carbocycles. The zero-order valence-electron chi connectivity index (χ0n) is 9.94. The van der Waals surface area contributed by atoms with Crippen LogP contribution in [0.4, 0.5) is 4.39 Å². The molecule has 0 radical (unpaired) electrons. The standard InChI is InChI=1S/C12H15FN2O3/c1-18-11-6-14-5-9(11)15-12(17)8-4-7(13)2-3-10(8)16/h2-4,9,11,14,16H,5-6H2,1H3,(H,15,17)/t9?,11-/m0/s1. The summed E-state index contributed by atoms with van der Waals surface area (Å²) in [4.78, 5) is 11.9. The summed E-state index contributed by atoms with van der Waals surface area (Å²) in [5.41, 5.74) is -0.0725. The van der Waals surface area contributed by atoms with Crippen LogP contribution in [0.5, 0.6) is 5.75 Å². The molecular weight excluding hydrogens is 239 g/mol. The van der Waals surface area contributed by atoms with E-state index < -0.39 is 11.7 Å². The molecule has 2 atom stereocenters. The minimum Gasteiger partial charge on any atom is -0.507 e. The molecule has 1 aliphatic heterocycles. The van der Waals surface area contributed by atoms with Gasteiger partial charge >= 0.3 is 0 Å². The first kappa shape index (κ1) is 12.8. The second-order valence-corrected chi connectivity index (χ2v) is 4.17. The number of phenols is 1. The molecule has 1 amide bonds. The molecule has 1 aliphatic rings. The van der Waals surface area contributed by atoms with Crippen molar-refractivity contribution in [3.8, 4) is 5.75 Å². The Morgan fingerprint density at radius 3 is 3.06 bits per heavy atom. The molecule has 0 saturated carbocycles. The molecule has 18 heavy (non-hydrogen) atoms. The minimum absolute atomic E-state index is 0.0725. The minimum atomic E-state index is -0.564. The van der Waals surface area contributed by atoms with Crippen molar-refractivity contribution >= 4 is 5.91 Å². The van der Waals surface area contributed by atoms with Gasteiger partial charge in [-0.1, -0.05) is 0 Å². The van der Waals surface area contributed by atoms with Crippen LogP contribution in [0.15, 0.2) is 18.2 Å². The van der Waals surface area contributed by atoms with Gasteiger partial charge in [0.15, 0.2) is 0 Å². The van der Waals surface area contributed by atoms with Gasteiger partial charge in [0.25, 0.3) is 5.91 Å². The summed E-state index contributed by atoms with van der Waals surface area (Å²) < 4.78 is 18.2. The summed E-state index contributed by atoms with van der Waals surface area (Å²) in [5, 5.41) is 15.3. The third-order valence-corrected chi connectivity index (χ3v) is 2.98. The molecule has 0 aromatic heterocycles. The Hall–Kier alpha value is -1.66. The highest BCUT2D eigenvalue weighted by Gasteiger charge is 2.29. The number of ether oxygens (including phenoxy) is 1. The lowest BCUT2D eigenvalue weighted by atomic mass is 10.1. The van der Waals surface area contributed by atoms with Crippen molar-refractivity contribution in [2.75, 3.05) is 20.2 Å². The van der Waals surface area contributed by atoms with E-state index in [9.17, 15) is 14.3 Å². The lowest BCUT2D eigenvalue weighted by molar-refractivity contribution is 0.0777. The van der Waals surface area contributed by atoms with Crippen molar-refractivity contribution in [1.82, 2.24) is 10.6 Å². The van der Waals surface area contributed by atoms with Crippen molar-refractivity contribution in [2.45, 2.75) is 12.1 Å². The Morgan fingerprint density at radius 2 is 2.33 bits per heavy atom. The number of hydrogen-bond acceptors (Lipinski definition) is 4. The summed E-state index contributed by atoms with van der Waals surface area (Å²) in [6.45, 7) is 1.23. The number of carbonyl (C=O) groups excluding carboxylic acids is 1. The highest BCUT2D eigenvalue weighted by Crippen LogP contribution is 2.18. The maximum absolute atomic E-state index is 13.0. The largest absolute Gasteiger partial charge is 0.507 e. The summed E-state index contributed by atoms with van der Waals surface area (Å²) in [5.74, 6) is -1.32. The van der Waals surface area contributed by atoms with Crippen molar-refractivity contribution in [1.29, 1.82) is 0 Å². The quantitative estimate of drug-likeness (QED) is 0.723. The van der Waals surface area contributed by atoms with Crippen LogP contribution < -0.4 is 10.6 Å². The molecule has 0 bridgehead atoms. The van der Waals surface area contributed by atoms with Crippen molar-refractivity contribution in [3.05, 3.63) is 29.6 Å². The van der Waals surface area contributed by atoms with Crippen LogP contribution in [0.1, 0.15) is 10.4 Å².